The molecule has 0 N–H and O–H groups in total. The topological polar surface area (TPSA) is 26.0 Å². The molecule has 0 fully saturated rings. The van der Waals surface area contributed by atoms with Crippen molar-refractivity contribution in [3.63, 3.8) is 0 Å². The average Bonchev–Trinajstić information content (AvgIpc) is 3.28. The Morgan fingerprint density at radius 3 is 2.15 bits per heavy atom. The summed E-state index contributed by atoms with van der Waals surface area (Å²) in [5.41, 5.74) is 8.52. The molecule has 2 heterocycles. The van der Waals surface area contributed by atoms with Crippen molar-refractivity contribution in [3.8, 4) is 22.4 Å². The Morgan fingerprint density at radius 2 is 1.32 bits per heavy atom. The predicted molar refractivity (Wildman–Crippen MR) is 141 cm³/mol. The maximum absolute atomic E-state index is 6.26. The molecule has 0 spiro atoms. The number of benzene rings is 4. The van der Waals surface area contributed by atoms with Crippen molar-refractivity contribution in [2.75, 3.05) is 0 Å². The maximum Gasteiger partial charge on any atom is 0.144 e. The van der Waals surface area contributed by atoms with Gasteiger partial charge in [0.25, 0.3) is 0 Å². The highest BCUT2D eigenvalue weighted by Gasteiger charge is 2.24. The van der Waals surface area contributed by atoms with Crippen molar-refractivity contribution >= 4 is 21.9 Å². The van der Waals surface area contributed by atoms with Gasteiger partial charge in [-0.2, -0.15) is 0 Å². The number of hydrogen-bond donors (Lipinski definition) is 0. The Bertz CT molecular complexity index is 1610. The molecule has 2 nitrogen and oxygen atoms in total. The first-order valence-corrected chi connectivity index (χ1v) is 11.6. The normalized spacial score (nSPS) is 11.8. The van der Waals surface area contributed by atoms with E-state index in [4.69, 9.17) is 9.40 Å². The fraction of sp³-hybridized carbons (Fsp3) is 0.0938. The van der Waals surface area contributed by atoms with Gasteiger partial charge < -0.3 is 4.42 Å². The van der Waals surface area contributed by atoms with Gasteiger partial charge in [0.15, 0.2) is 0 Å². The lowest BCUT2D eigenvalue weighted by molar-refractivity contribution is 0.640. The summed E-state index contributed by atoms with van der Waals surface area (Å²) in [6, 6.07) is 38.2. The van der Waals surface area contributed by atoms with E-state index in [1.165, 1.54) is 22.3 Å². The van der Waals surface area contributed by atoms with Gasteiger partial charge in [0.05, 0.1) is 5.69 Å². The van der Waals surface area contributed by atoms with Crippen LogP contribution in [0.5, 0.6) is 0 Å². The molecule has 0 saturated carbocycles. The van der Waals surface area contributed by atoms with Crippen molar-refractivity contribution in [1.29, 1.82) is 0 Å². The molecule has 2 aromatic heterocycles. The maximum atomic E-state index is 6.26. The highest BCUT2D eigenvalue weighted by Crippen LogP contribution is 2.38. The molecule has 0 atom stereocenters. The van der Waals surface area contributed by atoms with Gasteiger partial charge in [-0.05, 0) is 46.5 Å². The van der Waals surface area contributed by atoms with E-state index in [0.717, 1.165) is 33.2 Å². The van der Waals surface area contributed by atoms with Gasteiger partial charge in [-0.3, -0.25) is 4.98 Å². The second kappa shape index (κ2) is 8.00. The van der Waals surface area contributed by atoms with Gasteiger partial charge >= 0.3 is 0 Å². The summed E-state index contributed by atoms with van der Waals surface area (Å²) in [6.45, 7) is 4.54. The highest BCUT2D eigenvalue weighted by atomic mass is 16.3. The number of fused-ring (bicyclic) bond motifs is 3. The van der Waals surface area contributed by atoms with Crippen LogP contribution in [0.3, 0.4) is 0 Å². The fourth-order valence-electron chi connectivity index (χ4n) is 4.79. The van der Waals surface area contributed by atoms with Crippen LogP contribution in [0.1, 0.15) is 25.0 Å². The average molecular weight is 440 g/mol. The minimum absolute atomic E-state index is 0.172. The first-order chi connectivity index (χ1) is 16.6. The van der Waals surface area contributed by atoms with E-state index >= 15 is 0 Å². The van der Waals surface area contributed by atoms with E-state index in [2.05, 4.69) is 105 Å². The Kier molecular flexibility index (Phi) is 4.81. The molecule has 4 aromatic carbocycles. The number of para-hydroxylation sites is 2. The largest absolute Gasteiger partial charge is 0.455 e. The second-order valence-electron chi connectivity index (χ2n) is 9.28. The molecule has 6 rings (SSSR count). The first-order valence-electron chi connectivity index (χ1n) is 11.6. The summed E-state index contributed by atoms with van der Waals surface area (Å²) in [5.74, 6) is 0. The Hall–Kier alpha value is -4.17. The van der Waals surface area contributed by atoms with E-state index in [1.54, 1.807) is 0 Å². The van der Waals surface area contributed by atoms with E-state index < -0.39 is 0 Å². The molecule has 0 aliphatic heterocycles. The van der Waals surface area contributed by atoms with Gasteiger partial charge in [-0.15, -0.1) is 0 Å². The van der Waals surface area contributed by atoms with Crippen molar-refractivity contribution in [3.05, 3.63) is 127 Å². The number of pyridine rings is 1. The molecule has 0 bridgehead atoms. The molecule has 0 aliphatic carbocycles. The third kappa shape index (κ3) is 3.39. The predicted octanol–water partition coefficient (Wildman–Crippen LogP) is 8.64. The van der Waals surface area contributed by atoms with E-state index in [0.29, 0.717) is 0 Å². The minimum Gasteiger partial charge on any atom is -0.455 e. The van der Waals surface area contributed by atoms with Crippen LogP contribution in [0.25, 0.3) is 44.3 Å². The summed E-state index contributed by atoms with van der Waals surface area (Å²) >= 11 is 0. The van der Waals surface area contributed by atoms with Gasteiger partial charge in [-0.25, -0.2) is 0 Å². The molecule has 164 valence electrons. The van der Waals surface area contributed by atoms with Gasteiger partial charge in [0.2, 0.25) is 0 Å². The standard InChI is InChI=1S/C32H25NO/c1-32(2,24-17-15-23(16-18-24)22-9-4-3-5-10-22)25-19-20-33-29(21-25)28-13-8-12-27-26-11-6-7-14-30(26)34-31(27)28/h3-21H,1-2H3. The van der Waals surface area contributed by atoms with Crippen LogP contribution >= 0.6 is 0 Å². The molecule has 0 aliphatic rings. The molecule has 0 saturated heterocycles. The number of furan rings is 1. The third-order valence-electron chi connectivity index (χ3n) is 6.88. The van der Waals surface area contributed by atoms with Crippen molar-refractivity contribution in [2.24, 2.45) is 0 Å². The van der Waals surface area contributed by atoms with Crippen molar-refractivity contribution in [1.82, 2.24) is 4.98 Å². The summed E-state index contributed by atoms with van der Waals surface area (Å²) in [6.07, 6.45) is 1.91. The van der Waals surface area contributed by atoms with Gasteiger partial charge in [0, 0.05) is 27.9 Å². The Labute approximate surface area is 199 Å². The Morgan fingerprint density at radius 1 is 0.618 bits per heavy atom. The molecular weight excluding hydrogens is 414 g/mol. The zero-order valence-corrected chi connectivity index (χ0v) is 19.3. The monoisotopic (exact) mass is 439 g/mol. The van der Waals surface area contributed by atoms with Crippen LogP contribution in [-0.2, 0) is 5.41 Å². The van der Waals surface area contributed by atoms with Crippen LogP contribution in [0, 0.1) is 0 Å². The van der Waals surface area contributed by atoms with Crippen LogP contribution in [0.2, 0.25) is 0 Å². The first kappa shape index (κ1) is 20.4. The third-order valence-corrected chi connectivity index (χ3v) is 6.88. The summed E-state index contributed by atoms with van der Waals surface area (Å²) in [7, 11) is 0. The van der Waals surface area contributed by atoms with Crippen LogP contribution in [-0.4, -0.2) is 4.98 Å². The molecule has 0 radical (unpaired) electrons. The summed E-state index contributed by atoms with van der Waals surface area (Å²) in [5, 5.41) is 2.26. The zero-order chi connectivity index (χ0) is 23.1. The quantitative estimate of drug-likeness (QED) is 0.275. The lowest BCUT2D eigenvalue weighted by Crippen LogP contribution is -2.19. The molecule has 6 aromatic rings. The van der Waals surface area contributed by atoms with Gasteiger partial charge in [0.1, 0.15) is 11.2 Å². The van der Waals surface area contributed by atoms with Crippen molar-refractivity contribution in [2.45, 2.75) is 19.3 Å². The summed E-state index contributed by atoms with van der Waals surface area (Å²) < 4.78 is 6.26. The molecule has 0 amide bonds. The summed E-state index contributed by atoms with van der Waals surface area (Å²) in [4.78, 5) is 4.73. The number of hydrogen-bond acceptors (Lipinski definition) is 2. The molecule has 34 heavy (non-hydrogen) atoms. The van der Waals surface area contributed by atoms with E-state index in [1.807, 2.05) is 24.4 Å². The lowest BCUT2D eigenvalue weighted by atomic mass is 9.77. The van der Waals surface area contributed by atoms with Crippen LogP contribution < -0.4 is 0 Å². The van der Waals surface area contributed by atoms with Crippen molar-refractivity contribution < 1.29 is 4.42 Å². The van der Waals surface area contributed by atoms with E-state index in [9.17, 15) is 0 Å². The van der Waals surface area contributed by atoms with Crippen LogP contribution in [0.15, 0.2) is 120 Å². The fourth-order valence-corrected chi connectivity index (χ4v) is 4.79. The zero-order valence-electron chi connectivity index (χ0n) is 19.3. The smallest absolute Gasteiger partial charge is 0.144 e. The number of aromatic nitrogens is 1. The number of nitrogens with zero attached hydrogens (tertiary/aromatic N) is 1. The molecule has 0 unspecified atom stereocenters. The van der Waals surface area contributed by atoms with Gasteiger partial charge in [-0.1, -0.05) is 98.8 Å². The highest BCUT2D eigenvalue weighted by molar-refractivity contribution is 6.09. The Balaban J connectivity index is 1.40. The van der Waals surface area contributed by atoms with E-state index in [-0.39, 0.29) is 5.41 Å². The van der Waals surface area contributed by atoms with Crippen LogP contribution in [0.4, 0.5) is 0 Å². The molecule has 2 heteroatoms. The molecular formula is C32H25NO. The number of rotatable bonds is 4. The second-order valence-corrected chi connectivity index (χ2v) is 9.28. The SMILES string of the molecule is CC(C)(c1ccc(-c2ccccc2)cc1)c1ccnc(-c2cccc3c2oc2ccccc23)c1. The minimum atomic E-state index is -0.172. The lowest BCUT2D eigenvalue weighted by Gasteiger charge is -2.26.